The van der Waals surface area contributed by atoms with Crippen LogP contribution < -0.4 is 10.0 Å². The quantitative estimate of drug-likeness (QED) is 0.819. The van der Waals surface area contributed by atoms with Gasteiger partial charge in [-0.3, -0.25) is 14.5 Å². The maximum Gasteiger partial charge on any atom is 0.258 e. The van der Waals surface area contributed by atoms with Gasteiger partial charge in [0.15, 0.2) is 5.66 Å². The predicted octanol–water partition coefficient (Wildman–Crippen LogP) is 0.509. The van der Waals surface area contributed by atoms with Gasteiger partial charge in [0.05, 0.1) is 30.0 Å². The van der Waals surface area contributed by atoms with Crippen molar-refractivity contribution < 1.29 is 23.9 Å². The third-order valence-electron chi connectivity index (χ3n) is 4.59. The molecule has 0 N–H and O–H groups in total. The number of hydrogen-bond acceptors (Lipinski definition) is 5. The molecule has 0 spiro atoms. The molecule has 1 aromatic carbocycles. The molecule has 0 radical (unpaired) electrons. The van der Waals surface area contributed by atoms with Gasteiger partial charge in [-0.15, -0.1) is 0 Å². The molecule has 7 nitrogen and oxygen atoms in total. The molecule has 2 aliphatic heterocycles. The Morgan fingerprint density at radius 3 is 2.71 bits per heavy atom. The molecule has 7 heteroatoms. The number of carbonyl (C=O) groups excluding carboxylic acids is 3. The zero-order valence-electron chi connectivity index (χ0n) is 12.6. The Morgan fingerprint density at radius 1 is 1.21 bits per heavy atom. The molecule has 2 aromatic rings. The molecule has 1 atom stereocenters. The maximum absolute atomic E-state index is 13.0. The lowest BCUT2D eigenvalue weighted by molar-refractivity contribution is -0.318. The van der Waals surface area contributed by atoms with Crippen LogP contribution >= 0.6 is 0 Å². The summed E-state index contributed by atoms with van der Waals surface area (Å²) in [7, 11) is 0. The average molecular weight is 325 g/mol. The van der Waals surface area contributed by atoms with Crippen LogP contribution in [0.4, 0.5) is 5.69 Å². The van der Waals surface area contributed by atoms with Crippen LogP contribution in [0.5, 0.6) is 0 Å². The van der Waals surface area contributed by atoms with Crippen LogP contribution in [0, 0.1) is 0 Å². The minimum absolute atomic E-state index is 0.0189. The molecule has 1 saturated heterocycles. The highest BCUT2D eigenvalue weighted by Gasteiger charge is 2.57. The van der Waals surface area contributed by atoms with E-state index < -0.39 is 17.5 Å². The number of benzene rings is 1. The SMILES string of the molecule is O=C1c2ccccc2N2C(=O)CC[C@]2(C(=O)[O-])N1Cc1ccco1. The first kappa shape index (κ1) is 14.5. The van der Waals surface area contributed by atoms with E-state index in [1.54, 1.807) is 36.4 Å². The fourth-order valence-electron chi connectivity index (χ4n) is 3.53. The van der Waals surface area contributed by atoms with Gasteiger partial charge < -0.3 is 19.2 Å². The largest absolute Gasteiger partial charge is 0.545 e. The van der Waals surface area contributed by atoms with Crippen LogP contribution in [0.15, 0.2) is 47.1 Å². The Morgan fingerprint density at radius 2 is 2.00 bits per heavy atom. The first-order chi connectivity index (χ1) is 11.6. The van der Waals surface area contributed by atoms with Crippen molar-refractivity contribution >= 4 is 23.5 Å². The van der Waals surface area contributed by atoms with E-state index >= 15 is 0 Å². The number of amides is 2. The highest BCUT2D eigenvalue weighted by molar-refractivity contribution is 6.15. The molecule has 3 heterocycles. The summed E-state index contributed by atoms with van der Waals surface area (Å²) in [5.74, 6) is -1.84. The summed E-state index contributed by atoms with van der Waals surface area (Å²) in [5, 5.41) is 12.1. The number of carboxylic acids is 1. The van der Waals surface area contributed by atoms with Crippen molar-refractivity contribution in [2.24, 2.45) is 0 Å². The Balaban J connectivity index is 1.93. The lowest BCUT2D eigenvalue weighted by atomic mass is 9.96. The van der Waals surface area contributed by atoms with Crippen LogP contribution in [-0.2, 0) is 16.1 Å². The van der Waals surface area contributed by atoms with Crippen molar-refractivity contribution in [2.45, 2.75) is 25.0 Å². The fourth-order valence-corrected chi connectivity index (χ4v) is 3.53. The smallest absolute Gasteiger partial charge is 0.258 e. The molecular weight excluding hydrogens is 312 g/mol. The van der Waals surface area contributed by atoms with Crippen LogP contribution in [0.2, 0.25) is 0 Å². The standard InChI is InChI=1S/C17H14N2O5/c20-14-7-8-17(16(22)23)18(10-11-4-3-9-24-11)15(21)12-5-1-2-6-13(12)19(14)17/h1-6,9H,7-8,10H2,(H,22,23)/p-1/t17-/m0/s1. The van der Waals surface area contributed by atoms with Crippen molar-refractivity contribution in [3.8, 4) is 0 Å². The van der Waals surface area contributed by atoms with Crippen molar-refractivity contribution in [1.29, 1.82) is 0 Å². The fraction of sp³-hybridized carbons (Fsp3) is 0.235. The minimum atomic E-state index is -1.82. The number of fused-ring (bicyclic) bond motifs is 3. The van der Waals surface area contributed by atoms with Crippen molar-refractivity contribution in [3.05, 3.63) is 54.0 Å². The van der Waals surface area contributed by atoms with Gasteiger partial charge in [0.25, 0.3) is 5.91 Å². The summed E-state index contributed by atoms with van der Waals surface area (Å²) in [5.41, 5.74) is -1.23. The van der Waals surface area contributed by atoms with Crippen LogP contribution in [-0.4, -0.2) is 28.3 Å². The molecule has 0 saturated carbocycles. The molecule has 0 bridgehead atoms. The number of nitrogens with zero attached hydrogens (tertiary/aromatic N) is 2. The Hall–Kier alpha value is -3.09. The number of para-hydroxylation sites is 1. The number of carbonyl (C=O) groups is 3. The second kappa shape index (κ2) is 4.95. The second-order valence-electron chi connectivity index (χ2n) is 5.82. The summed E-state index contributed by atoms with van der Waals surface area (Å²) < 4.78 is 5.26. The van der Waals surface area contributed by atoms with E-state index in [1.165, 1.54) is 11.2 Å². The number of furan rings is 1. The van der Waals surface area contributed by atoms with E-state index in [-0.39, 0.29) is 30.9 Å². The summed E-state index contributed by atoms with van der Waals surface area (Å²) in [6.45, 7) is -0.0576. The highest BCUT2D eigenvalue weighted by Crippen LogP contribution is 2.44. The van der Waals surface area contributed by atoms with E-state index in [1.807, 2.05) is 0 Å². The van der Waals surface area contributed by atoms with E-state index in [9.17, 15) is 19.5 Å². The molecule has 1 aromatic heterocycles. The second-order valence-corrected chi connectivity index (χ2v) is 5.82. The maximum atomic E-state index is 13.0. The molecule has 1 fully saturated rings. The zero-order chi connectivity index (χ0) is 16.9. The average Bonchev–Trinajstić information content (AvgIpc) is 3.20. The number of aliphatic carboxylic acids is 1. The summed E-state index contributed by atoms with van der Waals surface area (Å²) in [4.78, 5) is 39.8. The van der Waals surface area contributed by atoms with Gasteiger partial charge in [-0.25, -0.2) is 0 Å². The highest BCUT2D eigenvalue weighted by atomic mass is 16.4. The Labute approximate surface area is 137 Å². The number of hydrogen-bond donors (Lipinski definition) is 0. The van der Waals surface area contributed by atoms with E-state index in [2.05, 4.69) is 0 Å². The molecule has 24 heavy (non-hydrogen) atoms. The van der Waals surface area contributed by atoms with Gasteiger partial charge in [0, 0.05) is 12.8 Å². The molecular formula is C17H13N2O5-. The number of rotatable bonds is 3. The molecule has 4 rings (SSSR count). The van der Waals surface area contributed by atoms with Crippen molar-refractivity contribution in [1.82, 2.24) is 4.90 Å². The molecule has 122 valence electrons. The first-order valence-electron chi connectivity index (χ1n) is 7.53. The van der Waals surface area contributed by atoms with E-state index in [4.69, 9.17) is 4.42 Å². The normalized spacial score (nSPS) is 22.5. The minimum Gasteiger partial charge on any atom is -0.545 e. The summed E-state index contributed by atoms with van der Waals surface area (Å²) >= 11 is 0. The molecule has 0 aliphatic carbocycles. The van der Waals surface area contributed by atoms with Gasteiger partial charge in [0.1, 0.15) is 5.76 Å². The van der Waals surface area contributed by atoms with Gasteiger partial charge in [0.2, 0.25) is 5.91 Å². The van der Waals surface area contributed by atoms with Gasteiger partial charge in [-0.1, -0.05) is 12.1 Å². The van der Waals surface area contributed by atoms with E-state index in [0.717, 1.165) is 4.90 Å². The van der Waals surface area contributed by atoms with Crippen LogP contribution in [0.3, 0.4) is 0 Å². The van der Waals surface area contributed by atoms with Crippen molar-refractivity contribution in [3.63, 3.8) is 0 Å². The predicted molar refractivity (Wildman–Crippen MR) is 79.5 cm³/mol. The number of carboxylic acid groups (broad SMARTS) is 1. The third kappa shape index (κ3) is 1.75. The molecule has 0 unspecified atom stereocenters. The van der Waals surface area contributed by atoms with Crippen LogP contribution in [0.1, 0.15) is 29.0 Å². The summed E-state index contributed by atoms with van der Waals surface area (Å²) in [6, 6.07) is 9.81. The zero-order valence-corrected chi connectivity index (χ0v) is 12.6. The van der Waals surface area contributed by atoms with E-state index in [0.29, 0.717) is 11.4 Å². The summed E-state index contributed by atoms with van der Waals surface area (Å²) in [6.07, 6.45) is 1.46. The topological polar surface area (TPSA) is 93.9 Å². The monoisotopic (exact) mass is 325 g/mol. The number of anilines is 1. The third-order valence-corrected chi connectivity index (χ3v) is 4.59. The Bertz CT molecular complexity index is 844. The van der Waals surface area contributed by atoms with Crippen LogP contribution in [0.25, 0.3) is 0 Å². The van der Waals surface area contributed by atoms with Gasteiger partial charge >= 0.3 is 0 Å². The van der Waals surface area contributed by atoms with Crippen molar-refractivity contribution in [2.75, 3.05) is 4.90 Å². The van der Waals surface area contributed by atoms with Gasteiger partial charge in [-0.2, -0.15) is 0 Å². The molecule has 2 amide bonds. The Kier molecular flexibility index (Phi) is 2.99. The first-order valence-corrected chi connectivity index (χ1v) is 7.53. The lowest BCUT2D eigenvalue weighted by Crippen LogP contribution is -2.71. The molecule has 2 aliphatic rings. The van der Waals surface area contributed by atoms with Gasteiger partial charge in [-0.05, 0) is 24.3 Å². The lowest BCUT2D eigenvalue weighted by Gasteiger charge is -2.50.